The molecule has 0 atom stereocenters. The van der Waals surface area contributed by atoms with Crippen molar-refractivity contribution in [3.63, 3.8) is 0 Å². The van der Waals surface area contributed by atoms with Crippen LogP contribution in [0.1, 0.15) is 37.1 Å². The van der Waals surface area contributed by atoms with Crippen molar-refractivity contribution in [3.05, 3.63) is 31.3 Å². The lowest BCUT2D eigenvalue weighted by Gasteiger charge is -2.10. The fourth-order valence-corrected chi connectivity index (χ4v) is 3.99. The van der Waals surface area contributed by atoms with Crippen molar-refractivity contribution >= 4 is 21.6 Å². The number of fused-ring (bicyclic) bond motifs is 1. The molecule has 0 saturated heterocycles. The van der Waals surface area contributed by atoms with Crippen LogP contribution in [0, 0.1) is 6.92 Å². The second-order valence-corrected chi connectivity index (χ2v) is 6.72. The summed E-state index contributed by atoms with van der Waals surface area (Å²) in [6.45, 7) is 8.94. The van der Waals surface area contributed by atoms with Crippen LogP contribution in [0.5, 0.6) is 0 Å². The van der Waals surface area contributed by atoms with Crippen LogP contribution in [-0.4, -0.2) is 22.2 Å². The summed E-state index contributed by atoms with van der Waals surface area (Å²) < 4.78 is 3.11. The molecule has 0 spiro atoms. The number of aryl methyl sites for hydroxylation is 2. The van der Waals surface area contributed by atoms with Crippen LogP contribution in [-0.2, 0) is 19.6 Å². The van der Waals surface area contributed by atoms with E-state index in [-0.39, 0.29) is 11.2 Å². The summed E-state index contributed by atoms with van der Waals surface area (Å²) in [6.07, 6.45) is 1.93. The largest absolute Gasteiger partial charge is 0.332 e. The molecule has 0 fully saturated rings. The first-order valence-corrected chi connectivity index (χ1v) is 9.04. The van der Waals surface area contributed by atoms with Gasteiger partial charge in [-0.25, -0.2) is 4.79 Å². The predicted octanol–water partition coefficient (Wildman–Crippen LogP) is 1.40. The zero-order chi connectivity index (χ0) is 17.0. The van der Waals surface area contributed by atoms with Gasteiger partial charge in [0.1, 0.15) is 4.83 Å². The Kier molecular flexibility index (Phi) is 6.15. The maximum atomic E-state index is 12.7. The van der Waals surface area contributed by atoms with Gasteiger partial charge >= 0.3 is 5.69 Å². The fourth-order valence-electron chi connectivity index (χ4n) is 2.71. The first kappa shape index (κ1) is 17.9. The summed E-state index contributed by atoms with van der Waals surface area (Å²) in [6, 6.07) is 0. The Bertz CT molecular complexity index is 788. The Morgan fingerprint density at radius 2 is 1.96 bits per heavy atom. The molecule has 7 heteroatoms. The van der Waals surface area contributed by atoms with Gasteiger partial charge < -0.3 is 11.1 Å². The third-order valence-corrected chi connectivity index (χ3v) is 5.37. The van der Waals surface area contributed by atoms with Crippen molar-refractivity contribution < 1.29 is 0 Å². The Morgan fingerprint density at radius 3 is 2.57 bits per heavy atom. The van der Waals surface area contributed by atoms with Gasteiger partial charge in [0, 0.05) is 37.6 Å². The molecule has 0 aliphatic heterocycles. The summed E-state index contributed by atoms with van der Waals surface area (Å²) in [7, 11) is 0. The van der Waals surface area contributed by atoms with Gasteiger partial charge in [0.2, 0.25) is 0 Å². The van der Waals surface area contributed by atoms with E-state index in [9.17, 15) is 9.59 Å². The summed E-state index contributed by atoms with van der Waals surface area (Å²) in [5.74, 6) is 0. The second kappa shape index (κ2) is 7.90. The maximum absolute atomic E-state index is 12.7. The first-order valence-electron chi connectivity index (χ1n) is 8.23. The number of hydrogen-bond donors (Lipinski definition) is 2. The van der Waals surface area contributed by atoms with Crippen LogP contribution in [0.15, 0.2) is 9.59 Å². The Balaban J connectivity index is 2.65. The minimum Gasteiger partial charge on any atom is -0.329 e. The zero-order valence-corrected chi connectivity index (χ0v) is 15.0. The molecule has 0 aliphatic rings. The van der Waals surface area contributed by atoms with Crippen molar-refractivity contribution in [2.24, 2.45) is 5.73 Å². The lowest BCUT2D eigenvalue weighted by molar-refractivity contribution is 0.567. The van der Waals surface area contributed by atoms with Crippen LogP contribution >= 0.6 is 11.3 Å². The Morgan fingerprint density at radius 1 is 1.22 bits per heavy atom. The second-order valence-electron chi connectivity index (χ2n) is 5.63. The lowest BCUT2D eigenvalue weighted by Crippen LogP contribution is -2.39. The Hall–Kier alpha value is -1.44. The number of rotatable bonds is 8. The van der Waals surface area contributed by atoms with Crippen LogP contribution in [0.4, 0.5) is 0 Å². The van der Waals surface area contributed by atoms with E-state index in [4.69, 9.17) is 5.73 Å². The van der Waals surface area contributed by atoms with Crippen LogP contribution in [0.25, 0.3) is 10.2 Å². The maximum Gasteiger partial charge on any atom is 0.332 e. The van der Waals surface area contributed by atoms with Gasteiger partial charge in [-0.3, -0.25) is 13.9 Å². The van der Waals surface area contributed by atoms with E-state index in [2.05, 4.69) is 12.2 Å². The van der Waals surface area contributed by atoms with E-state index in [1.165, 1.54) is 4.57 Å². The highest BCUT2D eigenvalue weighted by molar-refractivity contribution is 7.18. The molecule has 2 aromatic rings. The average molecular weight is 338 g/mol. The van der Waals surface area contributed by atoms with E-state index in [1.807, 2.05) is 13.8 Å². The third kappa shape index (κ3) is 3.41. The standard InChI is InChI=1S/C16H26N4O2S/c1-4-6-9-20-15-13(14(21)19(5-2)16(20)22)11(3)12(23-15)10-18-8-7-17/h18H,4-10,17H2,1-3H3. The number of thiophene rings is 1. The SMILES string of the molecule is CCCCn1c(=O)n(CC)c(=O)c2c(C)c(CNCCN)sc21. The lowest BCUT2D eigenvalue weighted by atomic mass is 10.2. The first-order chi connectivity index (χ1) is 11.1. The highest BCUT2D eigenvalue weighted by Gasteiger charge is 2.18. The molecule has 0 aromatic carbocycles. The van der Waals surface area contributed by atoms with Gasteiger partial charge in [-0.05, 0) is 25.8 Å². The molecule has 0 aliphatic carbocycles. The van der Waals surface area contributed by atoms with E-state index < -0.39 is 0 Å². The molecule has 128 valence electrons. The van der Waals surface area contributed by atoms with Crippen LogP contribution in [0.2, 0.25) is 0 Å². The van der Waals surface area contributed by atoms with Crippen molar-refractivity contribution in [2.45, 2.75) is 53.2 Å². The monoisotopic (exact) mass is 338 g/mol. The normalized spacial score (nSPS) is 11.5. The number of hydrogen-bond acceptors (Lipinski definition) is 5. The highest BCUT2D eigenvalue weighted by atomic mass is 32.1. The van der Waals surface area contributed by atoms with Gasteiger partial charge in [0.05, 0.1) is 5.39 Å². The van der Waals surface area contributed by atoms with E-state index in [0.717, 1.165) is 34.7 Å². The molecule has 0 bridgehead atoms. The average Bonchev–Trinajstić information content (AvgIpc) is 2.85. The molecular weight excluding hydrogens is 312 g/mol. The zero-order valence-electron chi connectivity index (χ0n) is 14.1. The molecular formula is C16H26N4O2S. The molecule has 0 amide bonds. The molecule has 23 heavy (non-hydrogen) atoms. The fraction of sp³-hybridized carbons (Fsp3) is 0.625. The van der Waals surface area contributed by atoms with Gasteiger partial charge in [0.25, 0.3) is 5.56 Å². The number of nitrogens with one attached hydrogen (secondary N) is 1. The molecule has 0 unspecified atom stereocenters. The number of aromatic nitrogens is 2. The quantitative estimate of drug-likeness (QED) is 0.713. The van der Waals surface area contributed by atoms with Gasteiger partial charge in [-0.1, -0.05) is 13.3 Å². The number of nitrogens with two attached hydrogens (primary N) is 1. The van der Waals surface area contributed by atoms with E-state index >= 15 is 0 Å². The summed E-state index contributed by atoms with van der Waals surface area (Å²) >= 11 is 1.55. The molecule has 6 nitrogen and oxygen atoms in total. The van der Waals surface area contributed by atoms with Crippen molar-refractivity contribution in [3.8, 4) is 0 Å². The van der Waals surface area contributed by atoms with E-state index in [0.29, 0.717) is 31.6 Å². The van der Waals surface area contributed by atoms with Crippen LogP contribution < -0.4 is 22.3 Å². The molecule has 2 heterocycles. The predicted molar refractivity (Wildman–Crippen MR) is 96.4 cm³/mol. The minimum absolute atomic E-state index is 0.168. The summed E-state index contributed by atoms with van der Waals surface area (Å²) in [5, 5.41) is 3.96. The number of nitrogens with zero attached hydrogens (tertiary/aromatic N) is 2. The molecule has 2 rings (SSSR count). The highest BCUT2D eigenvalue weighted by Crippen LogP contribution is 2.27. The van der Waals surface area contributed by atoms with Gasteiger partial charge in [-0.2, -0.15) is 0 Å². The van der Waals surface area contributed by atoms with Crippen molar-refractivity contribution in [1.82, 2.24) is 14.5 Å². The summed E-state index contributed by atoms with van der Waals surface area (Å²) in [4.78, 5) is 27.2. The Labute approximate surface area is 139 Å². The van der Waals surface area contributed by atoms with Gasteiger partial charge in [-0.15, -0.1) is 11.3 Å². The minimum atomic E-state index is -0.193. The molecule has 3 N–H and O–H groups in total. The molecule has 0 radical (unpaired) electrons. The molecule has 0 saturated carbocycles. The number of unbranched alkanes of at least 4 members (excludes halogenated alkanes) is 1. The molecule has 2 aromatic heterocycles. The summed E-state index contributed by atoms with van der Waals surface area (Å²) in [5.41, 5.74) is 6.13. The third-order valence-electron chi connectivity index (χ3n) is 4.05. The van der Waals surface area contributed by atoms with E-state index in [1.54, 1.807) is 15.9 Å². The van der Waals surface area contributed by atoms with Gasteiger partial charge in [0.15, 0.2) is 0 Å². The van der Waals surface area contributed by atoms with Crippen LogP contribution in [0.3, 0.4) is 0 Å². The topological polar surface area (TPSA) is 82.0 Å². The van der Waals surface area contributed by atoms with Crippen molar-refractivity contribution in [1.29, 1.82) is 0 Å². The smallest absolute Gasteiger partial charge is 0.329 e. The van der Waals surface area contributed by atoms with Crippen molar-refractivity contribution in [2.75, 3.05) is 13.1 Å².